The van der Waals surface area contributed by atoms with Crippen molar-refractivity contribution in [1.82, 2.24) is 14.8 Å². The first-order chi connectivity index (χ1) is 14.4. The van der Waals surface area contributed by atoms with Gasteiger partial charge in [-0.05, 0) is 56.4 Å². The Bertz CT molecular complexity index is 1150. The number of allylic oxidation sites excluding steroid dienone is 1. The second-order valence-corrected chi connectivity index (χ2v) is 8.95. The molecular formula is C22H22BrN5OS. The van der Waals surface area contributed by atoms with Gasteiger partial charge in [0.05, 0.1) is 5.57 Å². The topological polar surface area (TPSA) is 71.8 Å². The molecule has 0 saturated heterocycles. The smallest absolute Gasteiger partial charge is 0.255 e. The summed E-state index contributed by atoms with van der Waals surface area (Å²) in [5, 5.41) is 11.6. The number of amides is 1. The normalized spacial score (nSPS) is 15.6. The molecule has 0 radical (unpaired) electrons. The minimum Gasteiger partial charge on any atom is -0.328 e. The van der Waals surface area contributed by atoms with Crippen LogP contribution in [-0.4, -0.2) is 26.9 Å². The number of aryl methyl sites for hydroxylation is 2. The molecule has 8 heteroatoms. The zero-order valence-corrected chi connectivity index (χ0v) is 19.6. The Labute approximate surface area is 188 Å². The third-order valence-corrected chi connectivity index (χ3v) is 6.14. The van der Waals surface area contributed by atoms with Gasteiger partial charge in [0.25, 0.3) is 5.91 Å². The summed E-state index contributed by atoms with van der Waals surface area (Å²) >= 11 is 4.96. The number of carbonyl (C=O) groups excluding carboxylic acids is 1. The number of hydrogen-bond donors (Lipinski definition) is 2. The monoisotopic (exact) mass is 483 g/mol. The maximum absolute atomic E-state index is 13.5. The summed E-state index contributed by atoms with van der Waals surface area (Å²) in [6.45, 7) is 5.94. The molecule has 2 aromatic carbocycles. The minimum atomic E-state index is -0.381. The van der Waals surface area contributed by atoms with Crippen molar-refractivity contribution in [2.45, 2.75) is 32.0 Å². The molecule has 154 valence electrons. The quantitative estimate of drug-likeness (QED) is 0.492. The average Bonchev–Trinajstić information content (AvgIpc) is 3.12. The van der Waals surface area contributed by atoms with E-state index >= 15 is 0 Å². The van der Waals surface area contributed by atoms with E-state index in [-0.39, 0.29) is 11.9 Å². The van der Waals surface area contributed by atoms with Gasteiger partial charge in [-0.15, -0.1) is 5.10 Å². The Morgan fingerprint density at radius 3 is 2.57 bits per heavy atom. The van der Waals surface area contributed by atoms with Crippen LogP contribution in [0.25, 0.3) is 0 Å². The molecular weight excluding hydrogens is 462 g/mol. The largest absolute Gasteiger partial charge is 0.328 e. The highest BCUT2D eigenvalue weighted by molar-refractivity contribution is 9.10. The summed E-state index contributed by atoms with van der Waals surface area (Å²) in [6.07, 6.45) is 1.93. The standard InChI is InChI=1S/C22H22BrN5OS/c1-12-5-10-17(13(2)11-12)25-20(29)18-14(3)24-21-26-22(30-4)27-28(21)19(18)15-6-8-16(23)9-7-15/h5-11,19H,1-4H3,(H,25,29)(H,24,26,27)/t19-/m1/s1. The molecule has 0 saturated carbocycles. The van der Waals surface area contributed by atoms with Crippen molar-refractivity contribution in [3.05, 3.63) is 74.9 Å². The molecule has 2 heterocycles. The average molecular weight is 484 g/mol. The van der Waals surface area contributed by atoms with Gasteiger partial charge in [0.2, 0.25) is 11.1 Å². The predicted octanol–water partition coefficient (Wildman–Crippen LogP) is 5.31. The molecule has 30 heavy (non-hydrogen) atoms. The summed E-state index contributed by atoms with van der Waals surface area (Å²) in [7, 11) is 0. The van der Waals surface area contributed by atoms with Crippen LogP contribution in [0.2, 0.25) is 0 Å². The molecule has 2 N–H and O–H groups in total. The number of anilines is 2. The van der Waals surface area contributed by atoms with Gasteiger partial charge in [-0.25, -0.2) is 4.68 Å². The Morgan fingerprint density at radius 1 is 1.17 bits per heavy atom. The molecule has 0 aliphatic carbocycles. The number of halogens is 1. The molecule has 1 amide bonds. The van der Waals surface area contributed by atoms with E-state index in [9.17, 15) is 4.79 Å². The van der Waals surface area contributed by atoms with E-state index in [0.29, 0.717) is 16.7 Å². The highest BCUT2D eigenvalue weighted by atomic mass is 79.9. The van der Waals surface area contributed by atoms with Crippen molar-refractivity contribution < 1.29 is 4.79 Å². The van der Waals surface area contributed by atoms with E-state index in [1.807, 2.05) is 63.4 Å². The highest BCUT2D eigenvalue weighted by Gasteiger charge is 2.34. The maximum Gasteiger partial charge on any atom is 0.255 e. The van der Waals surface area contributed by atoms with Gasteiger partial charge in [0.15, 0.2) is 0 Å². The van der Waals surface area contributed by atoms with Gasteiger partial charge in [-0.3, -0.25) is 4.79 Å². The number of carbonyl (C=O) groups is 1. The van der Waals surface area contributed by atoms with Crippen molar-refractivity contribution in [2.24, 2.45) is 0 Å². The lowest BCUT2D eigenvalue weighted by molar-refractivity contribution is -0.113. The Kier molecular flexibility index (Phi) is 5.71. The molecule has 1 aliphatic heterocycles. The Morgan fingerprint density at radius 2 is 1.90 bits per heavy atom. The van der Waals surface area contributed by atoms with Crippen molar-refractivity contribution in [3.8, 4) is 0 Å². The number of aromatic nitrogens is 3. The van der Waals surface area contributed by atoms with E-state index in [1.54, 1.807) is 4.68 Å². The van der Waals surface area contributed by atoms with Gasteiger partial charge in [-0.2, -0.15) is 4.98 Å². The van der Waals surface area contributed by atoms with Crippen molar-refractivity contribution in [3.63, 3.8) is 0 Å². The SMILES string of the molecule is CSc1nc2n(n1)[C@H](c1ccc(Br)cc1)C(C(=O)Nc1ccc(C)cc1C)=C(C)N2. The number of rotatable bonds is 4. The van der Waals surface area contributed by atoms with Crippen LogP contribution in [0.4, 0.5) is 11.6 Å². The Hall–Kier alpha value is -2.58. The first-order valence-electron chi connectivity index (χ1n) is 9.49. The lowest BCUT2D eigenvalue weighted by atomic mass is 9.95. The molecule has 0 spiro atoms. The predicted molar refractivity (Wildman–Crippen MR) is 125 cm³/mol. The fraction of sp³-hybridized carbons (Fsp3) is 0.227. The number of hydrogen-bond acceptors (Lipinski definition) is 5. The molecule has 4 rings (SSSR count). The molecule has 0 unspecified atom stereocenters. The van der Waals surface area contributed by atoms with E-state index in [1.165, 1.54) is 11.8 Å². The van der Waals surface area contributed by atoms with E-state index in [2.05, 4.69) is 42.7 Å². The third-order valence-electron chi connectivity index (χ3n) is 5.08. The molecule has 0 fully saturated rings. The lowest BCUT2D eigenvalue weighted by Crippen LogP contribution is -2.31. The zero-order valence-electron chi connectivity index (χ0n) is 17.2. The van der Waals surface area contributed by atoms with Crippen LogP contribution in [0, 0.1) is 13.8 Å². The molecule has 1 atom stereocenters. The second kappa shape index (κ2) is 8.28. The van der Waals surface area contributed by atoms with E-state index in [0.717, 1.165) is 32.5 Å². The van der Waals surface area contributed by atoms with Crippen LogP contribution in [0.5, 0.6) is 0 Å². The summed E-state index contributed by atoms with van der Waals surface area (Å²) < 4.78 is 2.77. The fourth-order valence-corrected chi connectivity index (χ4v) is 4.22. The molecule has 1 aromatic heterocycles. The van der Waals surface area contributed by atoms with Crippen molar-refractivity contribution in [1.29, 1.82) is 0 Å². The highest BCUT2D eigenvalue weighted by Crippen LogP contribution is 2.37. The van der Waals surface area contributed by atoms with Crippen LogP contribution < -0.4 is 10.6 Å². The van der Waals surface area contributed by atoms with E-state index < -0.39 is 0 Å². The zero-order chi connectivity index (χ0) is 21.4. The second-order valence-electron chi connectivity index (χ2n) is 7.26. The third kappa shape index (κ3) is 3.89. The molecule has 6 nitrogen and oxygen atoms in total. The van der Waals surface area contributed by atoms with Crippen molar-refractivity contribution >= 4 is 45.2 Å². The number of benzene rings is 2. The molecule has 1 aliphatic rings. The van der Waals surface area contributed by atoms with Gasteiger partial charge in [-0.1, -0.05) is 57.5 Å². The van der Waals surface area contributed by atoms with Crippen LogP contribution in [0.3, 0.4) is 0 Å². The Balaban J connectivity index is 1.78. The number of nitrogens with zero attached hydrogens (tertiary/aromatic N) is 3. The van der Waals surface area contributed by atoms with Gasteiger partial charge < -0.3 is 10.6 Å². The first-order valence-corrected chi connectivity index (χ1v) is 11.5. The van der Waals surface area contributed by atoms with Gasteiger partial charge in [0, 0.05) is 15.9 Å². The molecule has 0 bridgehead atoms. The summed E-state index contributed by atoms with van der Waals surface area (Å²) in [4.78, 5) is 18.0. The minimum absolute atomic E-state index is 0.160. The van der Waals surface area contributed by atoms with Gasteiger partial charge >= 0.3 is 0 Å². The first kappa shape index (κ1) is 20.7. The van der Waals surface area contributed by atoms with Crippen molar-refractivity contribution in [2.75, 3.05) is 16.9 Å². The fourth-order valence-electron chi connectivity index (χ4n) is 3.61. The molecule has 3 aromatic rings. The van der Waals surface area contributed by atoms with Crippen LogP contribution in [0.15, 0.2) is 63.4 Å². The number of thioether (sulfide) groups is 1. The summed E-state index contributed by atoms with van der Waals surface area (Å²) in [5.41, 5.74) is 5.32. The number of nitrogens with one attached hydrogen (secondary N) is 2. The summed E-state index contributed by atoms with van der Waals surface area (Å²) in [5.74, 6) is 0.472. The lowest BCUT2D eigenvalue weighted by Gasteiger charge is -2.29. The maximum atomic E-state index is 13.5. The van der Waals surface area contributed by atoms with Gasteiger partial charge in [0.1, 0.15) is 6.04 Å². The summed E-state index contributed by atoms with van der Waals surface area (Å²) in [6, 6.07) is 13.6. The van der Waals surface area contributed by atoms with E-state index in [4.69, 9.17) is 0 Å². The number of fused-ring (bicyclic) bond motifs is 1. The van der Waals surface area contributed by atoms with Crippen LogP contribution in [-0.2, 0) is 4.79 Å². The van der Waals surface area contributed by atoms with Crippen LogP contribution >= 0.6 is 27.7 Å². The van der Waals surface area contributed by atoms with Crippen LogP contribution in [0.1, 0.15) is 29.7 Å².